The lowest BCUT2D eigenvalue weighted by atomic mass is 10.4. The maximum atomic E-state index is 4.17. The van der Waals surface area contributed by atoms with E-state index in [4.69, 9.17) is 0 Å². The molecule has 0 amide bonds. The van der Waals surface area contributed by atoms with Gasteiger partial charge in [0.05, 0.1) is 0 Å². The smallest absolute Gasteiger partial charge is 0.245 e. The van der Waals surface area contributed by atoms with Crippen LogP contribution in [0.15, 0.2) is 4.73 Å². The van der Waals surface area contributed by atoms with Crippen LogP contribution in [0.5, 0.6) is 0 Å². The summed E-state index contributed by atoms with van der Waals surface area (Å²) in [6.07, 6.45) is 2.51. The van der Waals surface area contributed by atoms with Gasteiger partial charge in [-0.3, -0.25) is 5.10 Å². The summed E-state index contributed by atoms with van der Waals surface area (Å²) in [5.74, 6) is 0.814. The van der Waals surface area contributed by atoms with Crippen LogP contribution in [0, 0.1) is 0 Å². The van der Waals surface area contributed by atoms with Gasteiger partial charge in [-0.1, -0.05) is 0 Å². The number of halogens is 2. The molecule has 0 aliphatic carbocycles. The summed E-state index contributed by atoms with van der Waals surface area (Å²) in [4.78, 5) is 6.35. The Bertz CT molecular complexity index is 243. The summed E-state index contributed by atoms with van der Waals surface area (Å²) in [7, 11) is 0. The van der Waals surface area contributed by atoms with Crippen molar-refractivity contribution < 1.29 is 0 Å². The summed E-state index contributed by atoms with van der Waals surface area (Å²) >= 11 is 3.22. The fourth-order valence-electron chi connectivity index (χ4n) is 1.29. The average molecular weight is 298 g/mol. The maximum Gasteiger partial charge on any atom is 0.245 e. The van der Waals surface area contributed by atoms with E-state index in [1.807, 2.05) is 0 Å². The zero-order chi connectivity index (χ0) is 7.68. The largest absolute Gasteiger partial charge is 0.340 e. The molecule has 0 radical (unpaired) electrons. The van der Waals surface area contributed by atoms with Gasteiger partial charge in [0.1, 0.15) is 0 Å². The molecule has 0 saturated carbocycles. The molecular formula is C6H10Br2N4. The van der Waals surface area contributed by atoms with Gasteiger partial charge in [-0.15, -0.1) is 22.1 Å². The molecule has 68 valence electrons. The molecule has 1 saturated heterocycles. The molecule has 4 nitrogen and oxygen atoms in total. The third-order valence-corrected chi connectivity index (χ3v) is 2.19. The summed E-state index contributed by atoms with van der Waals surface area (Å²) < 4.78 is 0.708. The van der Waals surface area contributed by atoms with Crippen molar-refractivity contribution in [1.29, 1.82) is 0 Å². The lowest BCUT2D eigenvalue weighted by Crippen LogP contribution is -2.18. The molecule has 0 unspecified atom stereocenters. The number of nitrogens with one attached hydrogen (secondary N) is 1. The second-order valence-corrected chi connectivity index (χ2v) is 3.37. The first-order chi connectivity index (χ1) is 5.36. The van der Waals surface area contributed by atoms with Gasteiger partial charge in [0, 0.05) is 13.1 Å². The second-order valence-electron chi connectivity index (χ2n) is 2.62. The van der Waals surface area contributed by atoms with E-state index in [0.29, 0.717) is 4.73 Å². The van der Waals surface area contributed by atoms with Crippen LogP contribution in [0.4, 0.5) is 5.95 Å². The van der Waals surface area contributed by atoms with Crippen LogP contribution in [0.25, 0.3) is 0 Å². The molecule has 6 heteroatoms. The molecule has 1 aromatic heterocycles. The van der Waals surface area contributed by atoms with E-state index in [1.165, 1.54) is 12.8 Å². The SMILES string of the molecule is Br.Brc1nc(N2CCCC2)n[nH]1. The predicted octanol–water partition coefficient (Wildman–Crippen LogP) is 1.75. The van der Waals surface area contributed by atoms with Gasteiger partial charge in [-0.05, 0) is 28.8 Å². The van der Waals surface area contributed by atoms with E-state index in [9.17, 15) is 0 Å². The van der Waals surface area contributed by atoms with Crippen LogP contribution >= 0.6 is 32.9 Å². The molecule has 1 aromatic rings. The molecule has 2 rings (SSSR count). The zero-order valence-corrected chi connectivity index (χ0v) is 9.76. The van der Waals surface area contributed by atoms with Crippen molar-refractivity contribution in [3.8, 4) is 0 Å². The molecular weight excluding hydrogens is 288 g/mol. The predicted molar refractivity (Wildman–Crippen MR) is 55.9 cm³/mol. The third-order valence-electron chi connectivity index (χ3n) is 1.84. The highest BCUT2D eigenvalue weighted by Crippen LogP contribution is 2.16. The minimum atomic E-state index is 0. The molecule has 0 atom stereocenters. The first-order valence-corrected chi connectivity index (χ1v) is 4.48. The Labute approximate surface area is 89.6 Å². The standard InChI is InChI=1S/C6H9BrN4.BrH/c7-5-8-6(10-9-5)11-3-1-2-4-11;/h1-4H2,(H,8,9,10);1H. The highest BCUT2D eigenvalue weighted by Gasteiger charge is 2.15. The van der Waals surface area contributed by atoms with Gasteiger partial charge in [0.2, 0.25) is 5.95 Å². The third kappa shape index (κ3) is 1.98. The van der Waals surface area contributed by atoms with Crippen molar-refractivity contribution in [1.82, 2.24) is 15.2 Å². The van der Waals surface area contributed by atoms with Crippen LogP contribution < -0.4 is 4.90 Å². The number of hydrogen-bond acceptors (Lipinski definition) is 3. The summed E-state index contributed by atoms with van der Waals surface area (Å²) in [6.45, 7) is 2.18. The molecule has 1 aliphatic rings. The lowest BCUT2D eigenvalue weighted by molar-refractivity contribution is 0.903. The van der Waals surface area contributed by atoms with Gasteiger partial charge in [-0.2, -0.15) is 4.98 Å². The highest BCUT2D eigenvalue weighted by molar-refractivity contribution is 9.10. The van der Waals surface area contributed by atoms with Crippen molar-refractivity contribution in [2.45, 2.75) is 12.8 Å². The van der Waals surface area contributed by atoms with Gasteiger partial charge in [0.15, 0.2) is 4.73 Å². The molecule has 0 spiro atoms. The van der Waals surface area contributed by atoms with E-state index in [0.717, 1.165) is 19.0 Å². The summed E-state index contributed by atoms with van der Waals surface area (Å²) in [6, 6.07) is 0. The number of aromatic nitrogens is 3. The van der Waals surface area contributed by atoms with Crippen molar-refractivity contribution >= 4 is 38.9 Å². The monoisotopic (exact) mass is 296 g/mol. The van der Waals surface area contributed by atoms with Gasteiger partial charge in [-0.25, -0.2) is 0 Å². The fraction of sp³-hybridized carbons (Fsp3) is 0.667. The first kappa shape index (κ1) is 9.98. The molecule has 0 aromatic carbocycles. The van der Waals surface area contributed by atoms with Gasteiger partial charge >= 0.3 is 0 Å². The second kappa shape index (κ2) is 4.23. The van der Waals surface area contributed by atoms with E-state index in [1.54, 1.807) is 0 Å². The maximum absolute atomic E-state index is 4.17. The molecule has 2 heterocycles. The number of aromatic amines is 1. The Morgan fingerprint density at radius 2 is 2.00 bits per heavy atom. The zero-order valence-electron chi connectivity index (χ0n) is 6.46. The van der Waals surface area contributed by atoms with Crippen molar-refractivity contribution in [3.63, 3.8) is 0 Å². The highest BCUT2D eigenvalue weighted by atomic mass is 79.9. The van der Waals surface area contributed by atoms with Crippen LogP contribution in [-0.4, -0.2) is 28.3 Å². The molecule has 1 N–H and O–H groups in total. The topological polar surface area (TPSA) is 44.8 Å². The van der Waals surface area contributed by atoms with Crippen LogP contribution in [0.2, 0.25) is 0 Å². The molecule has 0 bridgehead atoms. The minimum Gasteiger partial charge on any atom is -0.340 e. The number of hydrogen-bond donors (Lipinski definition) is 1. The molecule has 12 heavy (non-hydrogen) atoms. The first-order valence-electron chi connectivity index (χ1n) is 3.69. The average Bonchev–Trinajstić information content (AvgIpc) is 2.55. The van der Waals surface area contributed by atoms with Crippen LogP contribution in [0.3, 0.4) is 0 Å². The fourth-order valence-corrected chi connectivity index (χ4v) is 1.54. The van der Waals surface area contributed by atoms with E-state index in [2.05, 4.69) is 36.0 Å². The minimum absolute atomic E-state index is 0. The Morgan fingerprint density at radius 1 is 1.33 bits per heavy atom. The van der Waals surface area contributed by atoms with Gasteiger partial charge in [0.25, 0.3) is 0 Å². The van der Waals surface area contributed by atoms with E-state index < -0.39 is 0 Å². The molecule has 1 aliphatic heterocycles. The summed E-state index contributed by atoms with van der Waals surface area (Å²) in [5, 5.41) is 6.80. The Hall–Kier alpha value is -0.100. The number of H-pyrrole nitrogens is 1. The Balaban J connectivity index is 0.000000720. The van der Waals surface area contributed by atoms with E-state index in [-0.39, 0.29) is 17.0 Å². The summed E-state index contributed by atoms with van der Waals surface area (Å²) in [5.41, 5.74) is 0. The lowest BCUT2D eigenvalue weighted by Gasteiger charge is -2.10. The quantitative estimate of drug-likeness (QED) is 0.859. The molecule has 1 fully saturated rings. The van der Waals surface area contributed by atoms with E-state index >= 15 is 0 Å². The normalized spacial score (nSPS) is 16.2. The van der Waals surface area contributed by atoms with Crippen molar-refractivity contribution in [3.05, 3.63) is 4.73 Å². The number of rotatable bonds is 1. The number of anilines is 1. The number of nitrogens with zero attached hydrogens (tertiary/aromatic N) is 3. The van der Waals surface area contributed by atoms with Crippen molar-refractivity contribution in [2.24, 2.45) is 0 Å². The Morgan fingerprint density at radius 3 is 2.50 bits per heavy atom. The van der Waals surface area contributed by atoms with Crippen molar-refractivity contribution in [2.75, 3.05) is 18.0 Å². The van der Waals surface area contributed by atoms with Gasteiger partial charge < -0.3 is 4.90 Å². The van der Waals surface area contributed by atoms with Crippen LogP contribution in [-0.2, 0) is 0 Å². The van der Waals surface area contributed by atoms with Crippen LogP contribution in [0.1, 0.15) is 12.8 Å². The Kier molecular flexibility index (Phi) is 3.52.